The molecule has 0 aliphatic rings. The maximum Gasteiger partial charge on any atom is 0.412 e. The summed E-state index contributed by atoms with van der Waals surface area (Å²) in [4.78, 5) is 54.1. The Morgan fingerprint density at radius 3 is 1.11 bits per heavy atom. The highest BCUT2D eigenvalue weighted by Crippen LogP contribution is 2.29. The van der Waals surface area contributed by atoms with Crippen LogP contribution in [0.4, 0.5) is 21.0 Å². The van der Waals surface area contributed by atoms with Gasteiger partial charge in [-0.25, -0.2) is 9.59 Å². The average molecular weight is 876 g/mol. The molecule has 0 heterocycles. The van der Waals surface area contributed by atoms with Crippen molar-refractivity contribution in [2.24, 2.45) is 0 Å². The van der Waals surface area contributed by atoms with Crippen molar-refractivity contribution in [3.05, 3.63) is 201 Å². The zero-order chi connectivity index (χ0) is 43.8. The number of halogens is 2. The van der Waals surface area contributed by atoms with E-state index < -0.39 is 48.3 Å². The Balaban J connectivity index is 1.24. The van der Waals surface area contributed by atoms with E-state index in [4.69, 9.17) is 32.7 Å². The molecule has 6 N–H and O–H groups in total. The molecular weight excluding hydrogens is 831 g/mol. The smallest absolute Gasteiger partial charge is 0.412 e. The molecule has 0 aromatic heterocycles. The zero-order valence-corrected chi connectivity index (χ0v) is 34.8. The third kappa shape index (κ3) is 12.7. The van der Waals surface area contributed by atoms with E-state index in [0.29, 0.717) is 0 Å². The first kappa shape index (κ1) is 44.8. The number of aliphatic hydroxyl groups is 2. The van der Waals surface area contributed by atoms with Crippen LogP contribution in [0, 0.1) is 0 Å². The van der Waals surface area contributed by atoms with Gasteiger partial charge in [-0.15, -0.1) is 0 Å². The number of para-hydroxylation sites is 2. The van der Waals surface area contributed by atoms with Gasteiger partial charge in [0.25, 0.3) is 11.8 Å². The molecule has 0 bridgehead atoms. The van der Waals surface area contributed by atoms with Crippen molar-refractivity contribution in [3.8, 4) is 0 Å². The van der Waals surface area contributed by atoms with Crippen LogP contribution in [0.15, 0.2) is 158 Å². The van der Waals surface area contributed by atoms with E-state index in [1.165, 1.54) is 36.4 Å². The predicted molar refractivity (Wildman–Crippen MR) is 238 cm³/mol. The topological polar surface area (TPSA) is 175 Å². The van der Waals surface area contributed by atoms with Crippen LogP contribution in [-0.4, -0.2) is 58.5 Å². The first-order valence-corrected chi connectivity index (χ1v) is 20.4. The number of anilines is 2. The Kier molecular flexibility index (Phi) is 16.1. The Morgan fingerprint density at radius 2 is 0.774 bits per heavy atom. The van der Waals surface area contributed by atoms with Crippen molar-refractivity contribution in [3.63, 3.8) is 0 Å². The summed E-state index contributed by atoms with van der Waals surface area (Å²) in [6.45, 7) is -0.0575. The molecule has 0 saturated carbocycles. The van der Waals surface area contributed by atoms with Crippen molar-refractivity contribution in [2.75, 3.05) is 10.6 Å². The number of ether oxygens (including phenoxy) is 2. The number of amides is 4. The standard InChI is InChI=1S/C48H44Cl2N4O8/c49-37-25-13-23-35(41(37)53-47(59)61-29-33-19-9-3-10-20-33)45(57)51-39(27-31-15-5-1-6-16-31)43(55)44(56)40(28-32-17-7-2-8-18-32)52-46(58)36-24-14-26-38(50)42(36)54-48(60)62-30-34-21-11-4-12-22-34/h1-26,39-40,43-44,55-56H,27-30H2,(H,51,57)(H,52,58)(H,53,59)(H,54,60)/t39-,40-,43-,44+/m0/s1. The summed E-state index contributed by atoms with van der Waals surface area (Å²) in [5.74, 6) is -1.45. The lowest BCUT2D eigenvalue weighted by Crippen LogP contribution is -2.57. The summed E-state index contributed by atoms with van der Waals surface area (Å²) in [6.07, 6.45) is -4.99. The Hall–Kier alpha value is -6.70. The maximum absolute atomic E-state index is 14.1. The summed E-state index contributed by atoms with van der Waals surface area (Å²) in [5, 5.41) is 35.0. The van der Waals surface area contributed by atoms with Gasteiger partial charge in [-0.3, -0.25) is 20.2 Å². The highest BCUT2D eigenvalue weighted by molar-refractivity contribution is 6.35. The lowest BCUT2D eigenvalue weighted by Gasteiger charge is -2.33. The van der Waals surface area contributed by atoms with Gasteiger partial charge in [0.2, 0.25) is 0 Å². The summed E-state index contributed by atoms with van der Waals surface area (Å²) in [7, 11) is 0. The molecule has 0 unspecified atom stereocenters. The van der Waals surface area contributed by atoms with E-state index in [1.54, 1.807) is 72.8 Å². The van der Waals surface area contributed by atoms with Crippen molar-refractivity contribution < 1.29 is 38.9 Å². The highest BCUT2D eigenvalue weighted by atomic mass is 35.5. The van der Waals surface area contributed by atoms with Gasteiger partial charge in [0.1, 0.15) is 25.4 Å². The number of benzene rings is 6. The lowest BCUT2D eigenvalue weighted by molar-refractivity contribution is -0.0219. The Labute approximate surface area is 368 Å². The van der Waals surface area contributed by atoms with Gasteiger partial charge in [0.05, 0.1) is 44.6 Å². The molecule has 4 amide bonds. The summed E-state index contributed by atoms with van der Waals surface area (Å²) in [5.41, 5.74) is 2.82. The van der Waals surface area contributed by atoms with Crippen LogP contribution in [-0.2, 0) is 35.5 Å². The molecule has 12 nitrogen and oxygen atoms in total. The van der Waals surface area contributed by atoms with Crippen LogP contribution >= 0.6 is 23.2 Å². The minimum Gasteiger partial charge on any atom is -0.444 e. The number of aliphatic hydroxyl groups excluding tert-OH is 2. The molecular formula is C48H44Cl2N4O8. The van der Waals surface area contributed by atoms with E-state index >= 15 is 0 Å². The number of hydrogen-bond donors (Lipinski definition) is 6. The molecule has 0 saturated heterocycles. The number of carbonyl (C=O) groups excluding carboxylic acids is 4. The SMILES string of the molecule is O=C(Nc1c(Cl)cccc1C(=O)N[C@@H](Cc1ccccc1)[C@H](O)[C@H](O)[C@H](Cc1ccccc1)NC(=O)c1cccc(Cl)c1NC(=O)OCc1ccccc1)OCc1ccccc1. The third-order valence-corrected chi connectivity index (χ3v) is 10.4. The fraction of sp³-hybridized carbons (Fsp3) is 0.167. The molecule has 0 aliphatic carbocycles. The molecule has 4 atom stereocenters. The minimum atomic E-state index is -1.69. The van der Waals surface area contributed by atoms with Gasteiger partial charge in [-0.05, 0) is 59.4 Å². The van der Waals surface area contributed by atoms with Gasteiger partial charge in [0, 0.05) is 0 Å². The first-order chi connectivity index (χ1) is 30.0. The molecule has 14 heteroatoms. The monoisotopic (exact) mass is 874 g/mol. The molecule has 6 aromatic rings. The fourth-order valence-electron chi connectivity index (χ4n) is 6.62. The predicted octanol–water partition coefficient (Wildman–Crippen LogP) is 8.60. The molecule has 318 valence electrons. The second-order valence-corrected chi connectivity index (χ2v) is 15.0. The van der Waals surface area contributed by atoms with Gasteiger partial charge in [0.15, 0.2) is 0 Å². The van der Waals surface area contributed by atoms with Crippen molar-refractivity contribution >= 4 is 58.6 Å². The molecule has 6 aromatic carbocycles. The number of nitrogens with one attached hydrogen (secondary N) is 4. The summed E-state index contributed by atoms with van der Waals surface area (Å²) in [6, 6.07) is 42.7. The zero-order valence-electron chi connectivity index (χ0n) is 33.2. The molecule has 6 rings (SSSR count). The minimum absolute atomic E-state index is 0.0256. The molecule has 0 radical (unpaired) electrons. The number of rotatable bonds is 17. The van der Waals surface area contributed by atoms with Crippen molar-refractivity contribution in [1.29, 1.82) is 0 Å². The highest BCUT2D eigenvalue weighted by Gasteiger charge is 2.35. The number of carbonyl (C=O) groups is 4. The Morgan fingerprint density at radius 1 is 0.452 bits per heavy atom. The van der Waals surface area contributed by atoms with Crippen LogP contribution in [0.3, 0.4) is 0 Å². The van der Waals surface area contributed by atoms with E-state index in [0.717, 1.165) is 22.3 Å². The van der Waals surface area contributed by atoms with Crippen LogP contribution in [0.2, 0.25) is 10.0 Å². The lowest BCUT2D eigenvalue weighted by atomic mass is 9.90. The quantitative estimate of drug-likeness (QED) is 0.0528. The number of hydrogen-bond acceptors (Lipinski definition) is 8. The van der Waals surface area contributed by atoms with Gasteiger partial charge in [-0.2, -0.15) is 0 Å². The van der Waals surface area contributed by atoms with E-state index in [1.807, 2.05) is 48.5 Å². The van der Waals surface area contributed by atoms with Crippen LogP contribution < -0.4 is 21.3 Å². The molecule has 62 heavy (non-hydrogen) atoms. The van der Waals surface area contributed by atoms with Gasteiger partial charge in [-0.1, -0.05) is 157 Å². The van der Waals surface area contributed by atoms with E-state index in [2.05, 4.69) is 21.3 Å². The average Bonchev–Trinajstić information content (AvgIpc) is 3.29. The van der Waals surface area contributed by atoms with Crippen LogP contribution in [0.1, 0.15) is 43.0 Å². The van der Waals surface area contributed by atoms with Crippen LogP contribution in [0.5, 0.6) is 0 Å². The Bertz CT molecular complexity index is 2260. The normalized spacial score (nSPS) is 12.8. The largest absolute Gasteiger partial charge is 0.444 e. The molecule has 0 spiro atoms. The van der Waals surface area contributed by atoms with Crippen LogP contribution in [0.25, 0.3) is 0 Å². The van der Waals surface area contributed by atoms with Gasteiger partial charge >= 0.3 is 12.2 Å². The molecule has 0 fully saturated rings. The second kappa shape index (κ2) is 22.2. The molecule has 0 aliphatic heterocycles. The second-order valence-electron chi connectivity index (χ2n) is 14.2. The van der Waals surface area contributed by atoms with E-state index in [-0.39, 0.29) is 58.6 Å². The van der Waals surface area contributed by atoms with Gasteiger partial charge < -0.3 is 30.3 Å². The van der Waals surface area contributed by atoms with Crippen molar-refractivity contribution in [1.82, 2.24) is 10.6 Å². The maximum atomic E-state index is 14.1. The summed E-state index contributed by atoms with van der Waals surface area (Å²) < 4.78 is 10.7. The van der Waals surface area contributed by atoms with Crippen molar-refractivity contribution in [2.45, 2.75) is 50.3 Å². The van der Waals surface area contributed by atoms with E-state index in [9.17, 15) is 29.4 Å². The third-order valence-electron chi connectivity index (χ3n) is 9.80. The summed E-state index contributed by atoms with van der Waals surface area (Å²) >= 11 is 13.0. The fourth-order valence-corrected chi connectivity index (χ4v) is 7.07. The first-order valence-electron chi connectivity index (χ1n) is 19.6.